The van der Waals surface area contributed by atoms with Gasteiger partial charge in [0.25, 0.3) is 0 Å². The number of anilines is 1. The summed E-state index contributed by atoms with van der Waals surface area (Å²) in [5.74, 6) is 0.803. The number of aryl methyl sites for hydroxylation is 1. The van der Waals surface area contributed by atoms with Crippen LogP contribution in [0.25, 0.3) is 10.6 Å². The number of hydrogen-bond donors (Lipinski definition) is 2. The second-order valence-corrected chi connectivity index (χ2v) is 8.03. The third-order valence-corrected chi connectivity index (χ3v) is 5.81. The van der Waals surface area contributed by atoms with Gasteiger partial charge in [-0.2, -0.15) is 0 Å². The summed E-state index contributed by atoms with van der Waals surface area (Å²) in [6.45, 7) is 5.16. The third-order valence-electron chi connectivity index (χ3n) is 4.29. The predicted molar refractivity (Wildman–Crippen MR) is 120 cm³/mol. The van der Waals surface area contributed by atoms with Crippen LogP contribution >= 0.6 is 22.9 Å². The first-order valence-corrected chi connectivity index (χ1v) is 10.7. The molecule has 0 spiro atoms. The first-order chi connectivity index (χ1) is 14.1. The van der Waals surface area contributed by atoms with E-state index in [2.05, 4.69) is 22.5 Å². The number of aromatic nitrogens is 1. The number of ether oxygens (including phenoxy) is 1. The van der Waals surface area contributed by atoms with Gasteiger partial charge in [-0.1, -0.05) is 43.1 Å². The largest absolute Gasteiger partial charge is 0.494 e. The van der Waals surface area contributed by atoms with Crippen molar-refractivity contribution in [3.63, 3.8) is 0 Å². The van der Waals surface area contributed by atoms with Gasteiger partial charge in [-0.3, -0.25) is 0 Å². The monoisotopic (exact) mass is 429 g/mol. The SMILES string of the molecule is CCCCOc1ccc(NC(=O)NCc2sc(-c3ccccc3Cl)nc2C)cc1. The maximum absolute atomic E-state index is 12.2. The molecular weight excluding hydrogens is 406 g/mol. The van der Waals surface area contributed by atoms with E-state index in [-0.39, 0.29) is 6.03 Å². The third kappa shape index (κ3) is 5.95. The van der Waals surface area contributed by atoms with Gasteiger partial charge in [0.05, 0.1) is 23.9 Å². The number of nitrogens with zero attached hydrogens (tertiary/aromatic N) is 1. The Kier molecular flexibility index (Phi) is 7.49. The van der Waals surface area contributed by atoms with Crippen molar-refractivity contribution in [2.45, 2.75) is 33.2 Å². The molecule has 0 radical (unpaired) electrons. The molecule has 0 saturated carbocycles. The Bertz CT molecular complexity index is 957. The molecule has 0 aliphatic heterocycles. The number of halogens is 1. The topological polar surface area (TPSA) is 63.2 Å². The van der Waals surface area contributed by atoms with Crippen LogP contribution in [-0.4, -0.2) is 17.6 Å². The maximum atomic E-state index is 12.2. The van der Waals surface area contributed by atoms with Crippen LogP contribution in [0.15, 0.2) is 48.5 Å². The van der Waals surface area contributed by atoms with E-state index < -0.39 is 0 Å². The summed E-state index contributed by atoms with van der Waals surface area (Å²) in [4.78, 5) is 17.8. The molecule has 0 saturated heterocycles. The molecular formula is C22H24ClN3O2S. The van der Waals surface area contributed by atoms with Gasteiger partial charge in [-0.05, 0) is 43.7 Å². The fourth-order valence-electron chi connectivity index (χ4n) is 2.65. The van der Waals surface area contributed by atoms with Crippen molar-refractivity contribution in [1.29, 1.82) is 0 Å². The maximum Gasteiger partial charge on any atom is 0.319 e. The number of hydrogen-bond acceptors (Lipinski definition) is 4. The number of carbonyl (C=O) groups excluding carboxylic acids is 1. The van der Waals surface area contributed by atoms with Crippen molar-refractivity contribution in [3.05, 3.63) is 64.1 Å². The van der Waals surface area contributed by atoms with E-state index in [1.54, 1.807) is 0 Å². The van der Waals surface area contributed by atoms with Gasteiger partial charge in [0, 0.05) is 16.1 Å². The number of urea groups is 1. The van der Waals surface area contributed by atoms with Crippen LogP contribution in [0.1, 0.15) is 30.3 Å². The van der Waals surface area contributed by atoms with Crippen LogP contribution in [0.3, 0.4) is 0 Å². The Morgan fingerprint density at radius 3 is 2.66 bits per heavy atom. The molecule has 3 rings (SSSR count). The Morgan fingerprint density at radius 1 is 1.17 bits per heavy atom. The summed E-state index contributed by atoms with van der Waals surface area (Å²) in [5, 5.41) is 7.23. The van der Waals surface area contributed by atoms with Crippen LogP contribution in [-0.2, 0) is 6.54 Å². The summed E-state index contributed by atoms with van der Waals surface area (Å²) in [6.07, 6.45) is 2.12. The smallest absolute Gasteiger partial charge is 0.319 e. The zero-order valence-electron chi connectivity index (χ0n) is 16.5. The molecule has 0 bridgehead atoms. The molecule has 5 nitrogen and oxygen atoms in total. The summed E-state index contributed by atoms with van der Waals surface area (Å²) in [5.41, 5.74) is 2.50. The van der Waals surface area contributed by atoms with E-state index in [1.807, 2.05) is 55.5 Å². The molecule has 0 fully saturated rings. The van der Waals surface area contributed by atoms with Gasteiger partial charge >= 0.3 is 6.03 Å². The standard InChI is InChI=1S/C22H24ClN3O2S/c1-3-4-13-28-17-11-9-16(10-12-17)26-22(27)24-14-20-15(2)25-21(29-20)18-7-5-6-8-19(18)23/h5-12H,3-4,13-14H2,1-2H3,(H2,24,26,27). The number of rotatable bonds is 8. The molecule has 2 amide bonds. The van der Waals surface area contributed by atoms with Gasteiger partial charge in [-0.25, -0.2) is 9.78 Å². The van der Waals surface area contributed by atoms with E-state index in [4.69, 9.17) is 16.3 Å². The minimum Gasteiger partial charge on any atom is -0.494 e. The van der Waals surface area contributed by atoms with Gasteiger partial charge in [-0.15, -0.1) is 11.3 Å². The molecule has 0 unspecified atom stereocenters. The highest BCUT2D eigenvalue weighted by atomic mass is 35.5. The fourth-order valence-corrected chi connectivity index (χ4v) is 3.97. The average molecular weight is 430 g/mol. The van der Waals surface area contributed by atoms with E-state index >= 15 is 0 Å². The Hall–Kier alpha value is -2.57. The quantitative estimate of drug-likeness (QED) is 0.414. The lowest BCUT2D eigenvalue weighted by atomic mass is 10.2. The van der Waals surface area contributed by atoms with Gasteiger partial charge in [0.2, 0.25) is 0 Å². The van der Waals surface area contributed by atoms with Crippen molar-refractivity contribution in [2.24, 2.45) is 0 Å². The molecule has 152 valence electrons. The molecule has 2 N–H and O–H groups in total. The molecule has 29 heavy (non-hydrogen) atoms. The second kappa shape index (κ2) is 10.3. The first kappa shape index (κ1) is 21.1. The first-order valence-electron chi connectivity index (χ1n) is 9.55. The lowest BCUT2D eigenvalue weighted by Crippen LogP contribution is -2.28. The van der Waals surface area contributed by atoms with E-state index in [1.165, 1.54) is 11.3 Å². The molecule has 0 atom stereocenters. The number of nitrogens with one attached hydrogen (secondary N) is 2. The van der Waals surface area contributed by atoms with E-state index in [0.29, 0.717) is 23.9 Å². The van der Waals surface area contributed by atoms with E-state index in [9.17, 15) is 4.79 Å². The Morgan fingerprint density at radius 2 is 1.93 bits per heavy atom. The molecule has 0 aliphatic carbocycles. The number of carbonyl (C=O) groups is 1. The van der Waals surface area contributed by atoms with Crippen molar-refractivity contribution in [3.8, 4) is 16.3 Å². The molecule has 2 aromatic carbocycles. The van der Waals surface area contributed by atoms with Crippen LogP contribution < -0.4 is 15.4 Å². The van der Waals surface area contributed by atoms with Crippen molar-refractivity contribution < 1.29 is 9.53 Å². The highest BCUT2D eigenvalue weighted by Gasteiger charge is 2.12. The van der Waals surface area contributed by atoms with Crippen molar-refractivity contribution in [1.82, 2.24) is 10.3 Å². The van der Waals surface area contributed by atoms with E-state index in [0.717, 1.165) is 39.7 Å². The highest BCUT2D eigenvalue weighted by molar-refractivity contribution is 7.15. The number of unbranched alkanes of at least 4 members (excludes halogenated alkanes) is 1. The normalized spacial score (nSPS) is 10.6. The Balaban J connectivity index is 1.54. The average Bonchev–Trinajstić information content (AvgIpc) is 3.08. The highest BCUT2D eigenvalue weighted by Crippen LogP contribution is 2.32. The van der Waals surface area contributed by atoms with Gasteiger partial charge in [0.15, 0.2) is 0 Å². The lowest BCUT2D eigenvalue weighted by Gasteiger charge is -2.09. The molecule has 1 heterocycles. The zero-order valence-corrected chi connectivity index (χ0v) is 18.1. The van der Waals surface area contributed by atoms with Crippen molar-refractivity contribution in [2.75, 3.05) is 11.9 Å². The molecule has 7 heteroatoms. The predicted octanol–water partition coefficient (Wildman–Crippen LogP) is 6.27. The molecule has 1 aromatic heterocycles. The molecule has 0 aliphatic rings. The van der Waals surface area contributed by atoms with Crippen LogP contribution in [0, 0.1) is 6.92 Å². The van der Waals surface area contributed by atoms with Gasteiger partial charge in [0.1, 0.15) is 10.8 Å². The zero-order chi connectivity index (χ0) is 20.6. The van der Waals surface area contributed by atoms with Crippen LogP contribution in [0.2, 0.25) is 5.02 Å². The number of amides is 2. The minimum absolute atomic E-state index is 0.267. The minimum atomic E-state index is -0.267. The molecule has 3 aromatic rings. The number of thiazole rings is 1. The lowest BCUT2D eigenvalue weighted by molar-refractivity contribution is 0.252. The summed E-state index contributed by atoms with van der Waals surface area (Å²) in [7, 11) is 0. The number of benzene rings is 2. The van der Waals surface area contributed by atoms with Crippen LogP contribution in [0.5, 0.6) is 5.75 Å². The fraction of sp³-hybridized carbons (Fsp3) is 0.273. The van der Waals surface area contributed by atoms with Gasteiger partial charge < -0.3 is 15.4 Å². The summed E-state index contributed by atoms with van der Waals surface area (Å²) >= 11 is 7.79. The van der Waals surface area contributed by atoms with Crippen LogP contribution in [0.4, 0.5) is 10.5 Å². The van der Waals surface area contributed by atoms with Crippen molar-refractivity contribution >= 4 is 34.7 Å². The summed E-state index contributed by atoms with van der Waals surface area (Å²) < 4.78 is 5.63. The Labute approximate surface area is 180 Å². The summed E-state index contributed by atoms with van der Waals surface area (Å²) in [6, 6.07) is 14.7. The second-order valence-electron chi connectivity index (χ2n) is 6.54.